The molecule has 0 bridgehead atoms. The van der Waals surface area contributed by atoms with Crippen LogP contribution < -0.4 is 0 Å². The summed E-state index contributed by atoms with van der Waals surface area (Å²) >= 11 is 0. The molecule has 1 heterocycles. The highest BCUT2D eigenvalue weighted by molar-refractivity contribution is 5.69. The van der Waals surface area contributed by atoms with E-state index in [1.807, 2.05) is 54.7 Å². The Bertz CT molecular complexity index is 942. The molecule has 0 aliphatic heterocycles. The molecule has 0 saturated heterocycles. The number of imidazole rings is 1. The van der Waals surface area contributed by atoms with Crippen molar-refractivity contribution in [3.63, 3.8) is 0 Å². The van der Waals surface area contributed by atoms with Crippen molar-refractivity contribution in [2.45, 2.75) is 0 Å². The molecule has 0 atom stereocenters. The number of benzene rings is 3. The minimum Gasteiger partial charge on any atom is -0.292 e. The Balaban J connectivity index is 1.95. The summed E-state index contributed by atoms with van der Waals surface area (Å²) in [6, 6.07) is 26.6. The SMILES string of the molecule is Fc1ccc(-c2ncc(-c3ccccc3)n2-c2ccccc2)cc1. The molecule has 3 heteroatoms. The quantitative estimate of drug-likeness (QED) is 0.499. The molecule has 4 aromatic rings. The molecular formula is C21H15FN2. The third-order valence-corrected chi connectivity index (χ3v) is 3.95. The Labute approximate surface area is 139 Å². The monoisotopic (exact) mass is 314 g/mol. The van der Waals surface area contributed by atoms with Crippen LogP contribution in [0.2, 0.25) is 0 Å². The highest BCUT2D eigenvalue weighted by atomic mass is 19.1. The standard InChI is InChI=1S/C21H15FN2/c22-18-13-11-17(12-14-18)21-23-15-20(16-7-3-1-4-8-16)24(21)19-9-5-2-6-10-19/h1-15H. The van der Waals surface area contributed by atoms with Crippen LogP contribution in [-0.4, -0.2) is 9.55 Å². The van der Waals surface area contributed by atoms with Gasteiger partial charge in [0.15, 0.2) is 0 Å². The third kappa shape index (κ3) is 2.61. The molecule has 0 unspecified atom stereocenters. The zero-order valence-corrected chi connectivity index (χ0v) is 12.9. The van der Waals surface area contributed by atoms with Gasteiger partial charge in [-0.05, 0) is 36.4 Å². The van der Waals surface area contributed by atoms with Gasteiger partial charge in [-0.1, -0.05) is 48.5 Å². The Morgan fingerprint density at radius 3 is 1.96 bits per heavy atom. The number of rotatable bonds is 3. The first-order valence-corrected chi connectivity index (χ1v) is 7.77. The Kier molecular flexibility index (Phi) is 3.67. The fourth-order valence-corrected chi connectivity index (χ4v) is 2.81. The van der Waals surface area contributed by atoms with E-state index in [1.165, 1.54) is 12.1 Å². The van der Waals surface area contributed by atoms with Crippen LogP contribution in [0.25, 0.3) is 28.3 Å². The van der Waals surface area contributed by atoms with Crippen molar-refractivity contribution in [3.05, 3.63) is 96.9 Å². The summed E-state index contributed by atoms with van der Waals surface area (Å²) in [4.78, 5) is 4.61. The van der Waals surface area contributed by atoms with Crippen LogP contribution in [0, 0.1) is 5.82 Å². The first-order valence-electron chi connectivity index (χ1n) is 7.77. The van der Waals surface area contributed by atoms with Gasteiger partial charge in [0.2, 0.25) is 0 Å². The van der Waals surface area contributed by atoms with Crippen molar-refractivity contribution in [1.29, 1.82) is 0 Å². The average Bonchev–Trinajstić information content (AvgIpc) is 3.09. The predicted octanol–water partition coefficient (Wildman–Crippen LogP) is 5.35. The molecule has 0 aliphatic rings. The largest absolute Gasteiger partial charge is 0.292 e. The average molecular weight is 314 g/mol. The number of nitrogens with zero attached hydrogens (tertiary/aromatic N) is 2. The minimum absolute atomic E-state index is 0.250. The number of halogens is 1. The molecular weight excluding hydrogens is 299 g/mol. The van der Waals surface area contributed by atoms with Crippen LogP contribution in [0.5, 0.6) is 0 Å². The second-order valence-electron chi connectivity index (χ2n) is 5.51. The van der Waals surface area contributed by atoms with E-state index in [0.29, 0.717) is 0 Å². The van der Waals surface area contributed by atoms with Crippen molar-refractivity contribution >= 4 is 0 Å². The second-order valence-corrected chi connectivity index (χ2v) is 5.51. The first kappa shape index (κ1) is 14.4. The van der Waals surface area contributed by atoms with Crippen molar-refractivity contribution in [3.8, 4) is 28.3 Å². The van der Waals surface area contributed by atoms with Gasteiger partial charge in [-0.15, -0.1) is 0 Å². The molecule has 116 valence electrons. The van der Waals surface area contributed by atoms with Gasteiger partial charge in [-0.3, -0.25) is 4.57 Å². The molecule has 1 aromatic heterocycles. The summed E-state index contributed by atoms with van der Waals surface area (Å²) in [6.07, 6.45) is 1.86. The lowest BCUT2D eigenvalue weighted by atomic mass is 10.1. The van der Waals surface area contributed by atoms with E-state index < -0.39 is 0 Å². The smallest absolute Gasteiger partial charge is 0.144 e. The van der Waals surface area contributed by atoms with E-state index in [4.69, 9.17) is 0 Å². The van der Waals surface area contributed by atoms with Crippen LogP contribution >= 0.6 is 0 Å². The summed E-state index contributed by atoms with van der Waals surface area (Å²) in [5, 5.41) is 0. The van der Waals surface area contributed by atoms with E-state index in [-0.39, 0.29) is 5.82 Å². The topological polar surface area (TPSA) is 17.8 Å². The van der Waals surface area contributed by atoms with E-state index >= 15 is 0 Å². The van der Waals surface area contributed by atoms with Crippen LogP contribution in [0.3, 0.4) is 0 Å². The van der Waals surface area contributed by atoms with Gasteiger partial charge in [0.1, 0.15) is 11.6 Å². The van der Waals surface area contributed by atoms with Gasteiger partial charge in [0.25, 0.3) is 0 Å². The zero-order chi connectivity index (χ0) is 16.4. The molecule has 2 nitrogen and oxygen atoms in total. The molecule has 0 saturated carbocycles. The van der Waals surface area contributed by atoms with Crippen molar-refractivity contribution in [1.82, 2.24) is 9.55 Å². The van der Waals surface area contributed by atoms with Gasteiger partial charge in [0, 0.05) is 16.8 Å². The van der Waals surface area contributed by atoms with E-state index in [9.17, 15) is 4.39 Å². The first-order chi connectivity index (χ1) is 11.8. The van der Waals surface area contributed by atoms with E-state index in [1.54, 1.807) is 12.1 Å². The molecule has 24 heavy (non-hydrogen) atoms. The fourth-order valence-electron chi connectivity index (χ4n) is 2.81. The second kappa shape index (κ2) is 6.13. The van der Waals surface area contributed by atoms with Crippen molar-refractivity contribution < 1.29 is 4.39 Å². The fraction of sp³-hybridized carbons (Fsp3) is 0. The number of para-hydroxylation sites is 1. The minimum atomic E-state index is -0.250. The lowest BCUT2D eigenvalue weighted by Crippen LogP contribution is -1.99. The molecule has 0 aliphatic carbocycles. The molecule has 0 amide bonds. The van der Waals surface area contributed by atoms with E-state index in [0.717, 1.165) is 28.3 Å². The molecule has 0 fully saturated rings. The van der Waals surface area contributed by atoms with Crippen molar-refractivity contribution in [2.24, 2.45) is 0 Å². The normalized spacial score (nSPS) is 10.7. The molecule has 0 spiro atoms. The van der Waals surface area contributed by atoms with E-state index in [2.05, 4.69) is 21.7 Å². The summed E-state index contributed by atoms with van der Waals surface area (Å²) < 4.78 is 15.4. The van der Waals surface area contributed by atoms with Crippen LogP contribution in [-0.2, 0) is 0 Å². The maximum atomic E-state index is 13.3. The zero-order valence-electron chi connectivity index (χ0n) is 12.9. The lowest BCUT2D eigenvalue weighted by Gasteiger charge is -2.12. The molecule has 0 N–H and O–H groups in total. The lowest BCUT2D eigenvalue weighted by molar-refractivity contribution is 0.628. The van der Waals surface area contributed by atoms with Crippen LogP contribution in [0.15, 0.2) is 91.1 Å². The molecule has 4 rings (SSSR count). The van der Waals surface area contributed by atoms with Gasteiger partial charge < -0.3 is 0 Å². The number of hydrogen-bond donors (Lipinski definition) is 0. The summed E-state index contributed by atoms with van der Waals surface area (Å²) in [5.41, 5.74) is 3.99. The highest BCUT2D eigenvalue weighted by Crippen LogP contribution is 2.30. The maximum Gasteiger partial charge on any atom is 0.144 e. The number of hydrogen-bond acceptors (Lipinski definition) is 1. The summed E-state index contributed by atoms with van der Waals surface area (Å²) in [5.74, 6) is 0.542. The maximum absolute atomic E-state index is 13.3. The van der Waals surface area contributed by atoms with Gasteiger partial charge in [-0.25, -0.2) is 9.37 Å². The van der Waals surface area contributed by atoms with Gasteiger partial charge in [0.05, 0.1) is 11.9 Å². The van der Waals surface area contributed by atoms with Gasteiger partial charge >= 0.3 is 0 Å². The molecule has 3 aromatic carbocycles. The van der Waals surface area contributed by atoms with Gasteiger partial charge in [-0.2, -0.15) is 0 Å². The summed E-state index contributed by atoms with van der Waals surface area (Å²) in [6.45, 7) is 0. The Hall–Kier alpha value is -3.20. The molecule has 0 radical (unpaired) electrons. The highest BCUT2D eigenvalue weighted by Gasteiger charge is 2.14. The van der Waals surface area contributed by atoms with Crippen LogP contribution in [0.1, 0.15) is 0 Å². The summed E-state index contributed by atoms with van der Waals surface area (Å²) in [7, 11) is 0. The van der Waals surface area contributed by atoms with Crippen LogP contribution in [0.4, 0.5) is 4.39 Å². The number of aromatic nitrogens is 2. The Morgan fingerprint density at radius 1 is 0.667 bits per heavy atom. The third-order valence-electron chi connectivity index (χ3n) is 3.95. The predicted molar refractivity (Wildman–Crippen MR) is 94.4 cm³/mol. The van der Waals surface area contributed by atoms with Crippen molar-refractivity contribution in [2.75, 3.05) is 0 Å². The Morgan fingerprint density at radius 2 is 1.29 bits per heavy atom.